The molecule has 0 radical (unpaired) electrons. The summed E-state index contributed by atoms with van der Waals surface area (Å²) < 4.78 is 1.83. The maximum atomic E-state index is 12.7. The summed E-state index contributed by atoms with van der Waals surface area (Å²) in [5, 5.41) is 0.895. The van der Waals surface area contributed by atoms with Crippen LogP contribution in [0.3, 0.4) is 0 Å². The van der Waals surface area contributed by atoms with Crippen LogP contribution in [0.2, 0.25) is 0 Å². The molecule has 1 unspecified atom stereocenters. The van der Waals surface area contributed by atoms with Gasteiger partial charge in [0.05, 0.1) is 5.39 Å². The van der Waals surface area contributed by atoms with Gasteiger partial charge in [0.2, 0.25) is 0 Å². The van der Waals surface area contributed by atoms with Crippen molar-refractivity contribution in [2.45, 2.75) is 53.0 Å². The van der Waals surface area contributed by atoms with E-state index < -0.39 is 0 Å². The van der Waals surface area contributed by atoms with Crippen LogP contribution in [0.5, 0.6) is 0 Å². The van der Waals surface area contributed by atoms with Gasteiger partial charge in [-0.2, -0.15) is 0 Å². The second-order valence-electron chi connectivity index (χ2n) is 5.96. The highest BCUT2D eigenvalue weighted by Crippen LogP contribution is 2.35. The van der Waals surface area contributed by atoms with Crippen LogP contribution >= 0.6 is 11.3 Å². The van der Waals surface area contributed by atoms with E-state index in [0.717, 1.165) is 34.8 Å². The van der Waals surface area contributed by atoms with E-state index in [1.807, 2.05) is 25.3 Å². The standard InChI is InChI=1S/C15H20N2OS/c1-8(2)17-10(4)16-14-13(15(17)18)11-6-5-9(3)7-12(11)19-14/h8-9H,5-7H2,1-4H3. The van der Waals surface area contributed by atoms with Gasteiger partial charge in [0.15, 0.2) is 0 Å². The number of rotatable bonds is 1. The average Bonchev–Trinajstić information content (AvgIpc) is 2.65. The van der Waals surface area contributed by atoms with Crippen molar-refractivity contribution in [3.05, 3.63) is 26.6 Å². The molecule has 3 rings (SSSR count). The van der Waals surface area contributed by atoms with Crippen molar-refractivity contribution in [2.75, 3.05) is 0 Å². The Bertz CT molecular complexity index is 696. The van der Waals surface area contributed by atoms with Crippen molar-refractivity contribution >= 4 is 21.6 Å². The Morgan fingerprint density at radius 2 is 2.16 bits per heavy atom. The van der Waals surface area contributed by atoms with E-state index in [-0.39, 0.29) is 11.6 Å². The number of hydrogen-bond acceptors (Lipinski definition) is 3. The minimum Gasteiger partial charge on any atom is -0.294 e. The molecule has 0 aliphatic heterocycles. The smallest absolute Gasteiger partial charge is 0.262 e. The number of nitrogens with zero attached hydrogens (tertiary/aromatic N) is 2. The van der Waals surface area contributed by atoms with E-state index in [4.69, 9.17) is 0 Å². The Morgan fingerprint density at radius 3 is 2.84 bits per heavy atom. The lowest BCUT2D eigenvalue weighted by molar-refractivity contribution is 0.508. The van der Waals surface area contributed by atoms with Crippen LogP contribution in [-0.4, -0.2) is 9.55 Å². The highest BCUT2D eigenvalue weighted by Gasteiger charge is 2.24. The molecule has 0 saturated carbocycles. The highest BCUT2D eigenvalue weighted by molar-refractivity contribution is 7.18. The summed E-state index contributed by atoms with van der Waals surface area (Å²) in [4.78, 5) is 19.7. The molecule has 0 saturated heterocycles. The first kappa shape index (κ1) is 12.9. The van der Waals surface area contributed by atoms with Crippen molar-refractivity contribution in [1.29, 1.82) is 0 Å². The molecule has 0 bridgehead atoms. The van der Waals surface area contributed by atoms with Crippen molar-refractivity contribution in [3.63, 3.8) is 0 Å². The SMILES string of the molecule is Cc1nc2sc3c(c2c(=O)n1C(C)C)CCC(C)C3. The fraction of sp³-hybridized carbons (Fsp3) is 0.600. The van der Waals surface area contributed by atoms with Crippen LogP contribution in [-0.2, 0) is 12.8 Å². The van der Waals surface area contributed by atoms with Gasteiger partial charge in [0.1, 0.15) is 10.7 Å². The third-order valence-electron chi connectivity index (χ3n) is 4.05. The topological polar surface area (TPSA) is 34.9 Å². The summed E-state index contributed by atoms with van der Waals surface area (Å²) in [6.07, 6.45) is 3.33. The molecule has 1 aliphatic carbocycles. The van der Waals surface area contributed by atoms with Crippen LogP contribution in [0.25, 0.3) is 10.2 Å². The summed E-state index contributed by atoms with van der Waals surface area (Å²) >= 11 is 1.73. The molecule has 2 aromatic rings. The monoisotopic (exact) mass is 276 g/mol. The number of aryl methyl sites for hydroxylation is 2. The van der Waals surface area contributed by atoms with Gasteiger partial charge in [-0.25, -0.2) is 4.98 Å². The summed E-state index contributed by atoms with van der Waals surface area (Å²) in [6.45, 7) is 8.31. The van der Waals surface area contributed by atoms with Crippen molar-refractivity contribution in [1.82, 2.24) is 9.55 Å². The molecule has 19 heavy (non-hydrogen) atoms. The maximum Gasteiger partial charge on any atom is 0.262 e. The predicted molar refractivity (Wildman–Crippen MR) is 80.2 cm³/mol. The molecule has 0 amide bonds. The summed E-state index contributed by atoms with van der Waals surface area (Å²) in [7, 11) is 0. The zero-order valence-electron chi connectivity index (χ0n) is 12.0. The van der Waals surface area contributed by atoms with Gasteiger partial charge < -0.3 is 0 Å². The van der Waals surface area contributed by atoms with Crippen molar-refractivity contribution < 1.29 is 0 Å². The average molecular weight is 276 g/mol. The summed E-state index contributed by atoms with van der Waals surface area (Å²) in [5.74, 6) is 1.56. The molecule has 0 aromatic carbocycles. The molecular formula is C15H20N2OS. The molecule has 0 spiro atoms. The first-order valence-corrected chi connectivity index (χ1v) is 7.84. The largest absolute Gasteiger partial charge is 0.294 e. The molecule has 4 heteroatoms. The van der Waals surface area contributed by atoms with E-state index in [1.165, 1.54) is 16.9 Å². The number of aromatic nitrogens is 2. The van der Waals surface area contributed by atoms with Gasteiger partial charge in [-0.1, -0.05) is 6.92 Å². The van der Waals surface area contributed by atoms with Gasteiger partial charge in [0.25, 0.3) is 5.56 Å². The second kappa shape index (κ2) is 4.44. The molecule has 1 aliphatic rings. The van der Waals surface area contributed by atoms with Crippen LogP contribution in [0, 0.1) is 12.8 Å². The fourth-order valence-electron chi connectivity index (χ4n) is 3.11. The number of thiophene rings is 1. The van der Waals surface area contributed by atoms with Crippen molar-refractivity contribution in [3.8, 4) is 0 Å². The van der Waals surface area contributed by atoms with Gasteiger partial charge in [-0.3, -0.25) is 9.36 Å². The van der Waals surface area contributed by atoms with Gasteiger partial charge in [-0.15, -0.1) is 11.3 Å². The van der Waals surface area contributed by atoms with E-state index in [9.17, 15) is 4.79 Å². The molecule has 0 fully saturated rings. The Labute approximate surface area is 117 Å². The van der Waals surface area contributed by atoms with Gasteiger partial charge in [-0.05, 0) is 51.5 Å². The lowest BCUT2D eigenvalue weighted by atomic mass is 9.89. The maximum absolute atomic E-state index is 12.7. The molecule has 1 atom stereocenters. The molecule has 0 N–H and O–H groups in total. The summed E-state index contributed by atoms with van der Waals surface area (Å²) in [6, 6.07) is 0.169. The van der Waals surface area contributed by atoms with Crippen molar-refractivity contribution in [2.24, 2.45) is 5.92 Å². The second-order valence-corrected chi connectivity index (χ2v) is 7.04. The lowest BCUT2D eigenvalue weighted by Gasteiger charge is -2.18. The predicted octanol–water partition coefficient (Wildman–Crippen LogP) is 3.47. The normalized spacial score (nSPS) is 19.1. The quantitative estimate of drug-likeness (QED) is 0.799. The van der Waals surface area contributed by atoms with E-state index in [2.05, 4.69) is 11.9 Å². The number of fused-ring (bicyclic) bond motifs is 3. The van der Waals surface area contributed by atoms with Gasteiger partial charge >= 0.3 is 0 Å². The van der Waals surface area contributed by atoms with Crippen LogP contribution in [0.15, 0.2) is 4.79 Å². The first-order chi connectivity index (χ1) is 8.99. The Balaban J connectivity index is 2.34. The van der Waals surface area contributed by atoms with Crippen LogP contribution < -0.4 is 5.56 Å². The Morgan fingerprint density at radius 1 is 1.42 bits per heavy atom. The molecule has 2 heterocycles. The zero-order valence-corrected chi connectivity index (χ0v) is 12.8. The van der Waals surface area contributed by atoms with Gasteiger partial charge in [0, 0.05) is 10.9 Å². The molecule has 102 valence electrons. The van der Waals surface area contributed by atoms with E-state index >= 15 is 0 Å². The minimum absolute atomic E-state index is 0.157. The fourth-order valence-corrected chi connectivity index (χ4v) is 4.53. The van der Waals surface area contributed by atoms with E-state index in [1.54, 1.807) is 11.3 Å². The zero-order chi connectivity index (χ0) is 13.7. The molecule has 3 nitrogen and oxygen atoms in total. The third kappa shape index (κ3) is 1.93. The Kier molecular flexibility index (Phi) is 3.01. The lowest BCUT2D eigenvalue weighted by Crippen LogP contribution is -2.26. The van der Waals surface area contributed by atoms with Crippen LogP contribution in [0.4, 0.5) is 0 Å². The summed E-state index contributed by atoms with van der Waals surface area (Å²) in [5.41, 5.74) is 1.44. The third-order valence-corrected chi connectivity index (χ3v) is 5.20. The highest BCUT2D eigenvalue weighted by atomic mass is 32.1. The minimum atomic E-state index is 0.157. The molecular weight excluding hydrogens is 256 g/mol. The van der Waals surface area contributed by atoms with Crippen LogP contribution in [0.1, 0.15) is 49.5 Å². The first-order valence-electron chi connectivity index (χ1n) is 7.02. The van der Waals surface area contributed by atoms with E-state index in [0.29, 0.717) is 0 Å². The molecule has 2 aromatic heterocycles. The Hall–Kier alpha value is -1.16. The number of hydrogen-bond donors (Lipinski definition) is 0.